The van der Waals surface area contributed by atoms with Gasteiger partial charge in [0.1, 0.15) is 6.04 Å². The molecule has 0 aliphatic heterocycles. The summed E-state index contributed by atoms with van der Waals surface area (Å²) in [5, 5.41) is 11.0. The van der Waals surface area contributed by atoms with E-state index in [1.54, 1.807) is 19.1 Å². The molecule has 1 unspecified atom stereocenters. The quantitative estimate of drug-likeness (QED) is 0.819. The van der Waals surface area contributed by atoms with Gasteiger partial charge in [0.05, 0.1) is 15.3 Å². The van der Waals surface area contributed by atoms with Crippen LogP contribution in [0.4, 0.5) is 0 Å². The lowest BCUT2D eigenvalue weighted by atomic mass is 10.3. The Labute approximate surface area is 84.9 Å². The van der Waals surface area contributed by atoms with Crippen LogP contribution in [0.15, 0.2) is 12.1 Å². The fourth-order valence-corrected chi connectivity index (χ4v) is 1.68. The zero-order valence-corrected chi connectivity index (χ0v) is 8.45. The molecule has 1 amide bonds. The summed E-state index contributed by atoms with van der Waals surface area (Å²) >= 11 is 6.84. The first-order valence-electron chi connectivity index (χ1n) is 3.59. The van der Waals surface area contributed by atoms with E-state index in [0.717, 1.165) is 0 Å². The Bertz CT molecular complexity index is 355. The van der Waals surface area contributed by atoms with E-state index in [-0.39, 0.29) is 5.91 Å². The molecule has 0 aliphatic carbocycles. The van der Waals surface area contributed by atoms with Crippen molar-refractivity contribution in [3.05, 3.63) is 21.3 Å². The van der Waals surface area contributed by atoms with Crippen LogP contribution in [-0.2, 0) is 0 Å². The molecule has 1 N–H and O–H groups in total. The van der Waals surface area contributed by atoms with Crippen molar-refractivity contribution in [1.82, 2.24) is 5.32 Å². The normalized spacial score (nSPS) is 11.8. The van der Waals surface area contributed by atoms with Gasteiger partial charge in [0.15, 0.2) is 0 Å². The second kappa shape index (κ2) is 4.26. The molecule has 3 nitrogen and oxygen atoms in total. The first kappa shape index (κ1) is 10.0. The van der Waals surface area contributed by atoms with Gasteiger partial charge in [-0.1, -0.05) is 11.6 Å². The number of amides is 1. The number of rotatable bonds is 2. The lowest BCUT2D eigenvalue weighted by Gasteiger charge is -2.03. The number of nitriles is 1. The molecule has 1 aromatic rings. The monoisotopic (exact) mass is 214 g/mol. The highest BCUT2D eigenvalue weighted by molar-refractivity contribution is 7.17. The molecule has 0 radical (unpaired) electrons. The average Bonchev–Trinajstić information content (AvgIpc) is 2.51. The fraction of sp³-hybridized carbons (Fsp3) is 0.250. The number of thiophene rings is 1. The van der Waals surface area contributed by atoms with Crippen molar-refractivity contribution < 1.29 is 4.79 Å². The highest BCUT2D eigenvalue weighted by Crippen LogP contribution is 2.21. The molecule has 0 spiro atoms. The topological polar surface area (TPSA) is 52.9 Å². The molecule has 0 saturated heterocycles. The Morgan fingerprint density at radius 3 is 2.92 bits per heavy atom. The van der Waals surface area contributed by atoms with Crippen molar-refractivity contribution in [3.63, 3.8) is 0 Å². The molecule has 0 aliphatic rings. The van der Waals surface area contributed by atoms with Gasteiger partial charge >= 0.3 is 0 Å². The third kappa shape index (κ3) is 2.72. The van der Waals surface area contributed by atoms with Gasteiger partial charge in [0.25, 0.3) is 5.91 Å². The van der Waals surface area contributed by atoms with E-state index in [0.29, 0.717) is 9.21 Å². The third-order valence-electron chi connectivity index (χ3n) is 1.34. The van der Waals surface area contributed by atoms with E-state index in [4.69, 9.17) is 16.9 Å². The summed E-state index contributed by atoms with van der Waals surface area (Å²) in [7, 11) is 0. The number of nitrogens with zero attached hydrogens (tertiary/aromatic N) is 1. The van der Waals surface area contributed by atoms with Gasteiger partial charge in [-0.3, -0.25) is 4.79 Å². The van der Waals surface area contributed by atoms with Crippen LogP contribution in [-0.4, -0.2) is 11.9 Å². The molecule has 0 aromatic carbocycles. The van der Waals surface area contributed by atoms with Crippen molar-refractivity contribution in [2.75, 3.05) is 0 Å². The minimum absolute atomic E-state index is 0.258. The highest BCUT2D eigenvalue weighted by atomic mass is 35.5. The third-order valence-corrected chi connectivity index (χ3v) is 2.57. The smallest absolute Gasteiger partial charge is 0.262 e. The summed E-state index contributed by atoms with van der Waals surface area (Å²) in [6.07, 6.45) is 0. The molecule has 68 valence electrons. The summed E-state index contributed by atoms with van der Waals surface area (Å²) < 4.78 is 0.565. The first-order valence-corrected chi connectivity index (χ1v) is 4.78. The Balaban J connectivity index is 2.65. The second-order valence-corrected chi connectivity index (χ2v) is 4.14. The molecular weight excluding hydrogens is 208 g/mol. The van der Waals surface area contributed by atoms with Gasteiger partial charge in [-0.25, -0.2) is 0 Å². The SMILES string of the molecule is CC(C#N)NC(=O)c1ccc(Cl)s1. The molecule has 1 rings (SSSR count). The van der Waals surface area contributed by atoms with E-state index in [1.807, 2.05) is 6.07 Å². The maximum Gasteiger partial charge on any atom is 0.262 e. The van der Waals surface area contributed by atoms with Gasteiger partial charge in [0, 0.05) is 0 Å². The van der Waals surface area contributed by atoms with Crippen LogP contribution in [0.5, 0.6) is 0 Å². The van der Waals surface area contributed by atoms with Crippen LogP contribution in [0.3, 0.4) is 0 Å². The first-order chi connectivity index (χ1) is 6.13. The van der Waals surface area contributed by atoms with Crippen LogP contribution in [0, 0.1) is 11.3 Å². The van der Waals surface area contributed by atoms with Crippen LogP contribution < -0.4 is 5.32 Å². The largest absolute Gasteiger partial charge is 0.336 e. The minimum atomic E-state index is -0.478. The predicted octanol–water partition coefficient (Wildman–Crippen LogP) is 2.04. The Kier molecular flexibility index (Phi) is 3.29. The fourth-order valence-electron chi connectivity index (χ4n) is 0.736. The number of carbonyl (C=O) groups is 1. The number of carbonyl (C=O) groups excluding carboxylic acids is 1. The zero-order chi connectivity index (χ0) is 9.84. The van der Waals surface area contributed by atoms with Crippen molar-refractivity contribution in [3.8, 4) is 6.07 Å². The number of hydrogen-bond acceptors (Lipinski definition) is 3. The highest BCUT2D eigenvalue weighted by Gasteiger charge is 2.10. The van der Waals surface area contributed by atoms with Gasteiger partial charge in [-0.2, -0.15) is 5.26 Å². The van der Waals surface area contributed by atoms with E-state index >= 15 is 0 Å². The summed E-state index contributed by atoms with van der Waals surface area (Å²) in [5.41, 5.74) is 0. The van der Waals surface area contributed by atoms with E-state index in [2.05, 4.69) is 5.32 Å². The van der Waals surface area contributed by atoms with E-state index in [9.17, 15) is 4.79 Å². The van der Waals surface area contributed by atoms with Crippen LogP contribution in [0.2, 0.25) is 4.34 Å². The van der Waals surface area contributed by atoms with Crippen molar-refractivity contribution in [1.29, 1.82) is 5.26 Å². The van der Waals surface area contributed by atoms with Crippen molar-refractivity contribution in [2.45, 2.75) is 13.0 Å². The van der Waals surface area contributed by atoms with Crippen LogP contribution in [0.25, 0.3) is 0 Å². The number of hydrogen-bond donors (Lipinski definition) is 1. The molecule has 0 bridgehead atoms. The second-order valence-electron chi connectivity index (χ2n) is 2.43. The molecule has 5 heteroatoms. The summed E-state index contributed by atoms with van der Waals surface area (Å²) in [4.78, 5) is 11.8. The molecule has 1 atom stereocenters. The Morgan fingerprint density at radius 2 is 2.46 bits per heavy atom. The molecule has 1 heterocycles. The molecule has 0 saturated carbocycles. The maximum atomic E-state index is 11.3. The lowest BCUT2D eigenvalue weighted by molar-refractivity contribution is 0.0952. The average molecular weight is 215 g/mol. The predicted molar refractivity (Wildman–Crippen MR) is 51.9 cm³/mol. The summed E-state index contributed by atoms with van der Waals surface area (Å²) in [6.45, 7) is 1.62. The van der Waals surface area contributed by atoms with Crippen LogP contribution in [0.1, 0.15) is 16.6 Å². The zero-order valence-electron chi connectivity index (χ0n) is 6.87. The summed E-state index contributed by atoms with van der Waals surface area (Å²) in [5.74, 6) is -0.258. The Morgan fingerprint density at radius 1 is 1.77 bits per heavy atom. The van der Waals surface area contributed by atoms with Gasteiger partial charge in [0.2, 0.25) is 0 Å². The minimum Gasteiger partial charge on any atom is -0.336 e. The maximum absolute atomic E-state index is 11.3. The molecule has 13 heavy (non-hydrogen) atoms. The molecule has 0 fully saturated rings. The van der Waals surface area contributed by atoms with Gasteiger partial charge < -0.3 is 5.32 Å². The molecule has 1 aromatic heterocycles. The standard InChI is InChI=1S/C8H7ClN2OS/c1-5(4-10)11-8(12)6-2-3-7(9)13-6/h2-3,5H,1H3,(H,11,12). The van der Waals surface area contributed by atoms with Gasteiger partial charge in [-0.05, 0) is 19.1 Å². The van der Waals surface area contributed by atoms with Crippen LogP contribution >= 0.6 is 22.9 Å². The Hall–Kier alpha value is -1.05. The summed E-state index contributed by atoms with van der Waals surface area (Å²) in [6, 6.07) is 4.72. The van der Waals surface area contributed by atoms with Crippen molar-refractivity contribution >= 4 is 28.8 Å². The van der Waals surface area contributed by atoms with E-state index < -0.39 is 6.04 Å². The van der Waals surface area contributed by atoms with Crippen molar-refractivity contribution in [2.24, 2.45) is 0 Å². The van der Waals surface area contributed by atoms with Gasteiger partial charge in [-0.15, -0.1) is 11.3 Å². The number of halogens is 1. The lowest BCUT2D eigenvalue weighted by Crippen LogP contribution is -2.30. The van der Waals surface area contributed by atoms with E-state index in [1.165, 1.54) is 11.3 Å². The number of nitrogens with one attached hydrogen (secondary N) is 1. The molecular formula is C8H7ClN2OS.